The molecular weight excluding hydrogens is 371 g/mol. The van der Waals surface area contributed by atoms with E-state index in [1.807, 2.05) is 44.3 Å². The first kappa shape index (κ1) is 19.2. The van der Waals surface area contributed by atoms with Gasteiger partial charge in [-0.15, -0.1) is 0 Å². The molecule has 2 heterocycles. The summed E-state index contributed by atoms with van der Waals surface area (Å²) in [5, 5.41) is 12.0. The highest BCUT2D eigenvalue weighted by atomic mass is 35.5. The number of amides is 1. The van der Waals surface area contributed by atoms with Crippen LogP contribution in [0.3, 0.4) is 0 Å². The van der Waals surface area contributed by atoms with E-state index in [1.54, 1.807) is 10.9 Å². The lowest BCUT2D eigenvalue weighted by atomic mass is 9.83. The smallest absolute Gasteiger partial charge is 0.248 e. The number of carbonyl (C=O) groups excluding carboxylic acids is 1. The molecule has 2 N–H and O–H groups in total. The number of halogens is 2. The van der Waals surface area contributed by atoms with Crippen molar-refractivity contribution >= 4 is 29.1 Å². The Kier molecular flexibility index (Phi) is 5.61. The quantitative estimate of drug-likeness (QED) is 0.816. The monoisotopic (exact) mass is 394 g/mol. The second-order valence-electron chi connectivity index (χ2n) is 7.40. The van der Waals surface area contributed by atoms with Gasteiger partial charge in [0.25, 0.3) is 0 Å². The molecular formula is C19H24Cl2N4O. The van der Waals surface area contributed by atoms with Crippen LogP contribution in [-0.2, 0) is 15.7 Å². The molecule has 5 nitrogen and oxygen atoms in total. The largest absolute Gasteiger partial charge is 0.353 e. The molecule has 0 unspecified atom stereocenters. The highest BCUT2D eigenvalue weighted by Gasteiger charge is 2.42. The summed E-state index contributed by atoms with van der Waals surface area (Å²) in [7, 11) is 0. The summed E-state index contributed by atoms with van der Waals surface area (Å²) in [4.78, 5) is 13.2. The zero-order valence-electron chi connectivity index (χ0n) is 15.1. The maximum atomic E-state index is 13.2. The van der Waals surface area contributed by atoms with Crippen LogP contribution in [0.25, 0.3) is 0 Å². The molecule has 0 radical (unpaired) electrons. The van der Waals surface area contributed by atoms with E-state index in [0.717, 1.165) is 18.7 Å². The number of carbonyl (C=O) groups is 1. The molecule has 0 atom stereocenters. The summed E-state index contributed by atoms with van der Waals surface area (Å²) in [6, 6.07) is 7.32. The fourth-order valence-electron chi connectivity index (χ4n) is 3.62. The number of aromatic nitrogens is 2. The van der Waals surface area contributed by atoms with E-state index in [0.29, 0.717) is 29.4 Å². The number of hydrogen-bond donors (Lipinski definition) is 2. The van der Waals surface area contributed by atoms with Crippen molar-refractivity contribution in [3.8, 4) is 0 Å². The summed E-state index contributed by atoms with van der Waals surface area (Å²) in [5.74, 6) is -0.0149. The Morgan fingerprint density at radius 2 is 1.92 bits per heavy atom. The Bertz CT molecular complexity index is 748. The average Bonchev–Trinajstić information content (AvgIpc) is 3.15. The van der Waals surface area contributed by atoms with Crippen LogP contribution in [0, 0.1) is 0 Å². The molecule has 1 aromatic heterocycles. The van der Waals surface area contributed by atoms with E-state index >= 15 is 0 Å². The third-order valence-electron chi connectivity index (χ3n) is 5.13. The predicted octanol–water partition coefficient (Wildman–Crippen LogP) is 3.36. The molecule has 1 aliphatic rings. The van der Waals surface area contributed by atoms with Crippen LogP contribution < -0.4 is 10.6 Å². The summed E-state index contributed by atoms with van der Waals surface area (Å²) in [5.41, 5.74) is -0.208. The van der Waals surface area contributed by atoms with Crippen LogP contribution in [0.5, 0.6) is 0 Å². The van der Waals surface area contributed by atoms with Gasteiger partial charge < -0.3 is 10.6 Å². The van der Waals surface area contributed by atoms with Crippen molar-refractivity contribution in [3.05, 3.63) is 52.3 Å². The Labute approximate surface area is 164 Å². The van der Waals surface area contributed by atoms with E-state index in [2.05, 4.69) is 15.7 Å². The van der Waals surface area contributed by atoms with Crippen LogP contribution >= 0.6 is 23.2 Å². The van der Waals surface area contributed by atoms with E-state index in [1.165, 1.54) is 0 Å². The first-order chi connectivity index (χ1) is 12.4. The van der Waals surface area contributed by atoms with Gasteiger partial charge in [0.05, 0.1) is 0 Å². The van der Waals surface area contributed by atoms with Crippen LogP contribution in [0.2, 0.25) is 10.0 Å². The maximum Gasteiger partial charge on any atom is 0.248 e. The fourth-order valence-corrected chi connectivity index (χ4v) is 4.53. The van der Waals surface area contributed by atoms with Crippen molar-refractivity contribution in [2.75, 3.05) is 19.6 Å². The SMILES string of the molecule is CC(C)(CNC(=O)C1(n2cccn2)CCNCC1)c1c(Cl)cccc1Cl. The Balaban J connectivity index is 1.80. The number of hydrogen-bond acceptors (Lipinski definition) is 3. The van der Waals surface area contributed by atoms with Crippen LogP contribution in [0.4, 0.5) is 0 Å². The van der Waals surface area contributed by atoms with Gasteiger partial charge in [-0.25, -0.2) is 0 Å². The first-order valence-electron chi connectivity index (χ1n) is 8.80. The molecule has 1 amide bonds. The lowest BCUT2D eigenvalue weighted by Gasteiger charge is -2.37. The summed E-state index contributed by atoms with van der Waals surface area (Å²) in [6.45, 7) is 6.07. The van der Waals surface area contributed by atoms with Crippen LogP contribution in [0.1, 0.15) is 32.3 Å². The first-order valence-corrected chi connectivity index (χ1v) is 9.56. The summed E-state index contributed by atoms with van der Waals surface area (Å²) < 4.78 is 1.79. The molecule has 140 valence electrons. The van der Waals surface area contributed by atoms with Crippen molar-refractivity contribution < 1.29 is 4.79 Å². The number of piperidine rings is 1. The van der Waals surface area contributed by atoms with Gasteiger partial charge in [0, 0.05) is 34.4 Å². The van der Waals surface area contributed by atoms with Gasteiger partial charge in [-0.05, 0) is 49.7 Å². The minimum Gasteiger partial charge on any atom is -0.353 e. The molecule has 1 aliphatic heterocycles. The van der Waals surface area contributed by atoms with E-state index in [4.69, 9.17) is 23.2 Å². The lowest BCUT2D eigenvalue weighted by molar-refractivity contribution is -0.132. The fraction of sp³-hybridized carbons (Fsp3) is 0.474. The molecule has 1 fully saturated rings. The number of rotatable bonds is 5. The summed E-state index contributed by atoms with van der Waals surface area (Å²) >= 11 is 12.7. The molecule has 0 bridgehead atoms. The second kappa shape index (κ2) is 7.59. The van der Waals surface area contributed by atoms with Crippen LogP contribution in [-0.4, -0.2) is 35.3 Å². The normalized spacial score (nSPS) is 17.1. The second-order valence-corrected chi connectivity index (χ2v) is 8.21. The third kappa shape index (κ3) is 3.61. The van der Waals surface area contributed by atoms with Crippen molar-refractivity contribution in [3.63, 3.8) is 0 Å². The molecule has 1 aromatic carbocycles. The molecule has 7 heteroatoms. The van der Waals surface area contributed by atoms with Crippen molar-refractivity contribution in [1.82, 2.24) is 20.4 Å². The van der Waals surface area contributed by atoms with E-state index < -0.39 is 11.0 Å². The zero-order chi connectivity index (χ0) is 18.8. The maximum absolute atomic E-state index is 13.2. The van der Waals surface area contributed by atoms with Crippen molar-refractivity contribution in [2.45, 2.75) is 37.6 Å². The molecule has 3 rings (SSSR count). The molecule has 0 aliphatic carbocycles. The number of benzene rings is 1. The molecule has 1 saturated heterocycles. The Hall–Kier alpha value is -1.56. The minimum atomic E-state index is -0.658. The van der Waals surface area contributed by atoms with Gasteiger partial charge in [0.2, 0.25) is 5.91 Å². The molecule has 2 aromatic rings. The molecule has 0 spiro atoms. The van der Waals surface area contributed by atoms with Gasteiger partial charge in [-0.2, -0.15) is 5.10 Å². The van der Waals surface area contributed by atoms with Crippen molar-refractivity contribution in [2.24, 2.45) is 0 Å². The summed E-state index contributed by atoms with van der Waals surface area (Å²) in [6.07, 6.45) is 4.98. The van der Waals surface area contributed by atoms with Gasteiger partial charge in [-0.3, -0.25) is 9.48 Å². The van der Waals surface area contributed by atoms with Gasteiger partial charge in [0.1, 0.15) is 5.54 Å². The van der Waals surface area contributed by atoms with Gasteiger partial charge in [0.15, 0.2) is 0 Å². The standard InChI is InChI=1S/C19H24Cl2N4O/c1-18(2,16-14(20)5-3-6-15(16)21)13-23-17(26)19(7-10-22-11-8-19)25-12-4-9-24-25/h3-6,9,12,22H,7-8,10-11,13H2,1-2H3,(H,23,26). The highest BCUT2D eigenvalue weighted by Crippen LogP contribution is 2.35. The average molecular weight is 395 g/mol. The van der Waals surface area contributed by atoms with Crippen molar-refractivity contribution in [1.29, 1.82) is 0 Å². The third-order valence-corrected chi connectivity index (χ3v) is 5.76. The molecule has 26 heavy (non-hydrogen) atoms. The Morgan fingerprint density at radius 3 is 2.50 bits per heavy atom. The van der Waals surface area contributed by atoms with Crippen LogP contribution in [0.15, 0.2) is 36.7 Å². The van der Waals surface area contributed by atoms with E-state index in [9.17, 15) is 4.79 Å². The molecule has 0 saturated carbocycles. The predicted molar refractivity (Wildman–Crippen MR) is 105 cm³/mol. The topological polar surface area (TPSA) is 59.0 Å². The Morgan fingerprint density at radius 1 is 1.27 bits per heavy atom. The van der Waals surface area contributed by atoms with E-state index in [-0.39, 0.29) is 5.91 Å². The number of nitrogens with zero attached hydrogens (tertiary/aromatic N) is 2. The van der Waals surface area contributed by atoms with Gasteiger partial charge in [-0.1, -0.05) is 43.1 Å². The highest BCUT2D eigenvalue weighted by molar-refractivity contribution is 6.36. The lowest BCUT2D eigenvalue weighted by Crippen LogP contribution is -2.56. The number of nitrogens with one attached hydrogen (secondary N) is 2. The zero-order valence-corrected chi connectivity index (χ0v) is 16.6. The van der Waals surface area contributed by atoms with Gasteiger partial charge >= 0.3 is 0 Å². The minimum absolute atomic E-state index is 0.0149.